The molecule has 1 aromatic carbocycles. The quantitative estimate of drug-likeness (QED) is 0.839. The number of carbonyl (C=O) groups is 2. The summed E-state index contributed by atoms with van der Waals surface area (Å²) >= 11 is 0. The van der Waals surface area contributed by atoms with Gasteiger partial charge < -0.3 is 14.6 Å². The number of hydrogen-bond donors (Lipinski definition) is 1. The zero-order chi connectivity index (χ0) is 17.9. The highest BCUT2D eigenvalue weighted by Crippen LogP contribution is 2.38. The van der Waals surface area contributed by atoms with Gasteiger partial charge in [0.1, 0.15) is 0 Å². The number of benzene rings is 1. The Morgan fingerprint density at radius 3 is 2.38 bits per heavy atom. The van der Waals surface area contributed by atoms with E-state index in [-0.39, 0.29) is 11.5 Å². The number of ether oxygens (including phenoxy) is 2. The maximum Gasteiger partial charge on any atom is 0.407 e. The van der Waals surface area contributed by atoms with Crippen molar-refractivity contribution in [2.75, 3.05) is 20.3 Å². The van der Waals surface area contributed by atoms with Crippen LogP contribution in [0.2, 0.25) is 0 Å². The van der Waals surface area contributed by atoms with E-state index in [2.05, 4.69) is 0 Å². The zero-order valence-corrected chi connectivity index (χ0v) is 14.6. The Balaban J connectivity index is 2.44. The fourth-order valence-electron chi connectivity index (χ4n) is 3.07. The molecule has 0 bridgehead atoms. The lowest BCUT2D eigenvalue weighted by atomic mass is 9.81. The van der Waals surface area contributed by atoms with Crippen molar-refractivity contribution >= 4 is 12.1 Å². The van der Waals surface area contributed by atoms with Crippen LogP contribution in [0.15, 0.2) is 24.3 Å². The molecule has 1 amide bonds. The summed E-state index contributed by atoms with van der Waals surface area (Å²) < 4.78 is 10.7. The van der Waals surface area contributed by atoms with Crippen molar-refractivity contribution in [2.24, 2.45) is 5.41 Å². The van der Waals surface area contributed by atoms with Gasteiger partial charge in [0.25, 0.3) is 0 Å². The van der Waals surface area contributed by atoms with Gasteiger partial charge in [0.05, 0.1) is 24.8 Å². The third-order valence-electron chi connectivity index (χ3n) is 4.24. The SMILES string of the molecule is COC(=O)c1ccc(C2C(C(C)(C)C)OCCCN2C(=O)O)cc1. The molecule has 0 saturated carbocycles. The van der Waals surface area contributed by atoms with Gasteiger partial charge in [-0.15, -0.1) is 0 Å². The maximum absolute atomic E-state index is 11.8. The Hall–Kier alpha value is -2.08. The molecular formula is C18H25NO5. The van der Waals surface area contributed by atoms with E-state index in [1.165, 1.54) is 12.0 Å². The van der Waals surface area contributed by atoms with Crippen molar-refractivity contribution in [3.05, 3.63) is 35.4 Å². The third kappa shape index (κ3) is 3.87. The second-order valence-corrected chi connectivity index (χ2v) is 7.05. The van der Waals surface area contributed by atoms with Gasteiger partial charge in [-0.25, -0.2) is 9.59 Å². The Kier molecular flexibility index (Phi) is 5.49. The highest BCUT2D eigenvalue weighted by Gasteiger charge is 2.41. The van der Waals surface area contributed by atoms with Crippen LogP contribution < -0.4 is 0 Å². The molecule has 1 aliphatic rings. The summed E-state index contributed by atoms with van der Waals surface area (Å²) in [7, 11) is 1.33. The normalized spacial score (nSPS) is 21.9. The predicted molar refractivity (Wildman–Crippen MR) is 89.1 cm³/mol. The lowest BCUT2D eigenvalue weighted by Gasteiger charge is -2.39. The standard InChI is InChI=1S/C18H25NO5/c1-18(2,3)15-14(19(17(21)22)10-5-11-24-15)12-6-8-13(9-7-12)16(20)23-4/h6-9,14-15H,5,10-11H2,1-4H3,(H,21,22). The summed E-state index contributed by atoms with van der Waals surface area (Å²) in [5.74, 6) is -0.416. The average Bonchev–Trinajstić information content (AvgIpc) is 2.77. The van der Waals surface area contributed by atoms with Crippen molar-refractivity contribution in [3.8, 4) is 0 Å². The molecule has 2 atom stereocenters. The first-order chi connectivity index (χ1) is 11.3. The third-order valence-corrected chi connectivity index (χ3v) is 4.24. The Morgan fingerprint density at radius 2 is 1.88 bits per heavy atom. The molecule has 0 aromatic heterocycles. The fraction of sp³-hybridized carbons (Fsp3) is 0.556. The number of carbonyl (C=O) groups excluding carboxylic acids is 1. The summed E-state index contributed by atoms with van der Waals surface area (Å²) in [5, 5.41) is 9.66. The summed E-state index contributed by atoms with van der Waals surface area (Å²) in [5.41, 5.74) is 1.01. The van der Waals surface area contributed by atoms with Crippen molar-refractivity contribution < 1.29 is 24.2 Å². The van der Waals surface area contributed by atoms with Crippen LogP contribution in [0, 0.1) is 5.41 Å². The monoisotopic (exact) mass is 335 g/mol. The van der Waals surface area contributed by atoms with Gasteiger partial charge in [0.15, 0.2) is 0 Å². The summed E-state index contributed by atoms with van der Waals surface area (Å²) in [6, 6.07) is 6.45. The highest BCUT2D eigenvalue weighted by molar-refractivity contribution is 5.89. The van der Waals surface area contributed by atoms with E-state index in [4.69, 9.17) is 9.47 Å². The number of carboxylic acid groups (broad SMARTS) is 1. The van der Waals surface area contributed by atoms with E-state index in [0.717, 1.165) is 5.56 Å². The minimum Gasteiger partial charge on any atom is -0.465 e. The van der Waals surface area contributed by atoms with Crippen LogP contribution in [-0.4, -0.2) is 48.4 Å². The van der Waals surface area contributed by atoms with Crippen LogP contribution in [0.3, 0.4) is 0 Å². The summed E-state index contributed by atoms with van der Waals surface area (Å²) in [6.07, 6.45) is -0.577. The molecule has 6 heteroatoms. The van der Waals surface area contributed by atoms with Crippen LogP contribution in [0.4, 0.5) is 4.79 Å². The van der Waals surface area contributed by atoms with E-state index in [0.29, 0.717) is 25.1 Å². The summed E-state index contributed by atoms with van der Waals surface area (Å²) in [6.45, 7) is 7.07. The second kappa shape index (κ2) is 7.21. The van der Waals surface area contributed by atoms with Gasteiger partial charge in [-0.05, 0) is 29.5 Å². The molecule has 0 radical (unpaired) electrons. The summed E-state index contributed by atoms with van der Waals surface area (Å²) in [4.78, 5) is 24.8. The van der Waals surface area contributed by atoms with E-state index in [9.17, 15) is 14.7 Å². The Labute approximate surface area is 142 Å². The van der Waals surface area contributed by atoms with Crippen molar-refractivity contribution in [1.29, 1.82) is 0 Å². The first kappa shape index (κ1) is 18.3. The van der Waals surface area contributed by atoms with E-state index >= 15 is 0 Å². The smallest absolute Gasteiger partial charge is 0.407 e. The van der Waals surface area contributed by atoms with Gasteiger partial charge in [-0.1, -0.05) is 32.9 Å². The molecule has 1 aliphatic heterocycles. The van der Waals surface area contributed by atoms with Crippen LogP contribution in [0.25, 0.3) is 0 Å². The molecule has 132 valence electrons. The molecule has 2 rings (SSSR count). The van der Waals surface area contributed by atoms with Crippen molar-refractivity contribution in [3.63, 3.8) is 0 Å². The Morgan fingerprint density at radius 1 is 1.25 bits per heavy atom. The molecule has 1 saturated heterocycles. The van der Waals surface area contributed by atoms with Crippen LogP contribution in [0.5, 0.6) is 0 Å². The molecular weight excluding hydrogens is 310 g/mol. The largest absolute Gasteiger partial charge is 0.465 e. The van der Waals surface area contributed by atoms with Gasteiger partial charge in [0.2, 0.25) is 0 Å². The molecule has 6 nitrogen and oxygen atoms in total. The van der Waals surface area contributed by atoms with Crippen LogP contribution in [-0.2, 0) is 9.47 Å². The van der Waals surface area contributed by atoms with Gasteiger partial charge in [-0.3, -0.25) is 4.90 Å². The number of rotatable bonds is 2. The molecule has 2 unspecified atom stereocenters. The minimum absolute atomic E-state index is 0.232. The average molecular weight is 335 g/mol. The van der Waals surface area contributed by atoms with Crippen molar-refractivity contribution in [2.45, 2.75) is 39.3 Å². The first-order valence-corrected chi connectivity index (χ1v) is 8.05. The molecule has 0 spiro atoms. The van der Waals surface area contributed by atoms with E-state index in [1.807, 2.05) is 20.8 Å². The molecule has 24 heavy (non-hydrogen) atoms. The molecule has 1 aromatic rings. The molecule has 1 N–H and O–H groups in total. The maximum atomic E-state index is 11.8. The molecule has 1 heterocycles. The number of amides is 1. The van der Waals surface area contributed by atoms with Gasteiger partial charge in [-0.2, -0.15) is 0 Å². The van der Waals surface area contributed by atoms with Gasteiger partial charge >= 0.3 is 12.1 Å². The predicted octanol–water partition coefficient (Wildman–Crippen LogP) is 3.33. The highest BCUT2D eigenvalue weighted by atomic mass is 16.5. The number of esters is 1. The van der Waals surface area contributed by atoms with Gasteiger partial charge in [0, 0.05) is 13.2 Å². The number of hydrogen-bond acceptors (Lipinski definition) is 4. The number of nitrogens with zero attached hydrogens (tertiary/aromatic N) is 1. The molecule has 0 aliphatic carbocycles. The second-order valence-electron chi connectivity index (χ2n) is 7.05. The topological polar surface area (TPSA) is 76.1 Å². The Bertz CT molecular complexity index is 590. The number of methoxy groups -OCH3 is 1. The lowest BCUT2D eigenvalue weighted by molar-refractivity contribution is -0.0479. The lowest BCUT2D eigenvalue weighted by Crippen LogP contribution is -2.44. The zero-order valence-electron chi connectivity index (χ0n) is 14.6. The van der Waals surface area contributed by atoms with Crippen LogP contribution >= 0.6 is 0 Å². The minimum atomic E-state index is -0.961. The fourth-order valence-corrected chi connectivity index (χ4v) is 3.07. The van der Waals surface area contributed by atoms with E-state index < -0.39 is 18.1 Å². The van der Waals surface area contributed by atoms with Crippen molar-refractivity contribution in [1.82, 2.24) is 4.90 Å². The first-order valence-electron chi connectivity index (χ1n) is 8.05. The molecule has 1 fully saturated rings. The van der Waals surface area contributed by atoms with Crippen LogP contribution in [0.1, 0.15) is 49.2 Å². The van der Waals surface area contributed by atoms with E-state index in [1.54, 1.807) is 24.3 Å².